The van der Waals surface area contributed by atoms with Gasteiger partial charge in [0.25, 0.3) is 0 Å². The number of carbonyl (C=O) groups excluding carboxylic acids is 3. The number of ether oxygens (including phenoxy) is 3. The van der Waals surface area contributed by atoms with Gasteiger partial charge in [0.2, 0.25) is 0 Å². The molecule has 0 saturated heterocycles. The summed E-state index contributed by atoms with van der Waals surface area (Å²) in [6.07, 6.45) is 92.6. The van der Waals surface area contributed by atoms with Crippen LogP contribution in [0.15, 0.2) is 158 Å². The fourth-order valence-electron chi connectivity index (χ4n) is 7.95. The highest BCUT2D eigenvalue weighted by Crippen LogP contribution is 2.14. The van der Waals surface area contributed by atoms with Crippen molar-refractivity contribution < 1.29 is 28.6 Å². The van der Waals surface area contributed by atoms with Gasteiger partial charge in [-0.05, 0) is 128 Å². The van der Waals surface area contributed by atoms with Gasteiger partial charge in [0.05, 0.1) is 0 Å². The van der Waals surface area contributed by atoms with Crippen molar-refractivity contribution in [1.29, 1.82) is 0 Å². The van der Waals surface area contributed by atoms with Crippen molar-refractivity contribution in [3.63, 3.8) is 0 Å². The normalized spacial score (nSPS) is 13.2. The molecule has 0 fully saturated rings. The molecule has 0 N–H and O–H groups in total. The Bertz CT molecular complexity index is 1740. The average molecular weight is 1060 g/mol. The zero-order valence-electron chi connectivity index (χ0n) is 49.4. The molecule has 0 bridgehead atoms. The van der Waals surface area contributed by atoms with E-state index in [0.717, 1.165) is 141 Å². The molecule has 0 radical (unpaired) electrons. The third-order valence-electron chi connectivity index (χ3n) is 12.5. The third-order valence-corrected chi connectivity index (χ3v) is 12.5. The standard InChI is InChI=1S/C71H112O6/c1-4-7-10-13-16-19-22-25-26-27-28-29-30-31-32-33-34-35-36-37-38-39-40-41-42-43-44-47-49-52-55-58-61-64-70(73)76-67-68(77-71(74)65-62-59-56-53-50-46-24-21-18-15-12-9-6-3)66-75-69(72)63-60-57-54-51-48-45-23-20-17-14-11-8-5-2/h7,9-10,12,16,18-19,21,25-26,28-29,31-32,34-35,37-38,40-41,43-44,46,49-50,52,68H,4-6,8,11,13-15,17,20,22-24,27,30,33,36,39,42,45,47-48,51,53-67H2,1-3H3/b10-7-,12-9-,19-16-,21-18-,26-25-,29-28-,32-31-,35-34-,38-37-,41-40-,44-43-,50-46-,52-49-. The molecule has 0 saturated carbocycles. The molecule has 0 heterocycles. The molecule has 77 heavy (non-hydrogen) atoms. The first kappa shape index (κ1) is 72.0. The third kappa shape index (κ3) is 61.8. The highest BCUT2D eigenvalue weighted by molar-refractivity contribution is 5.71. The Morgan fingerprint density at radius 2 is 0.506 bits per heavy atom. The number of esters is 3. The van der Waals surface area contributed by atoms with E-state index >= 15 is 0 Å². The minimum atomic E-state index is -0.816. The lowest BCUT2D eigenvalue weighted by Gasteiger charge is -2.18. The van der Waals surface area contributed by atoms with Crippen molar-refractivity contribution in [2.24, 2.45) is 0 Å². The molecular weight excluding hydrogens is 949 g/mol. The molecule has 432 valence electrons. The molecule has 6 nitrogen and oxygen atoms in total. The fraction of sp³-hybridized carbons (Fsp3) is 0.592. The van der Waals surface area contributed by atoms with Crippen molar-refractivity contribution in [1.82, 2.24) is 0 Å². The molecule has 0 aliphatic heterocycles. The lowest BCUT2D eigenvalue weighted by molar-refractivity contribution is -0.167. The predicted octanol–water partition coefficient (Wildman–Crippen LogP) is 21.3. The number of hydrogen-bond donors (Lipinski definition) is 0. The molecule has 0 aromatic carbocycles. The maximum absolute atomic E-state index is 12.8. The molecule has 0 aliphatic carbocycles. The molecule has 0 spiro atoms. The van der Waals surface area contributed by atoms with Crippen molar-refractivity contribution in [2.45, 2.75) is 258 Å². The van der Waals surface area contributed by atoms with Crippen LogP contribution in [-0.2, 0) is 28.6 Å². The number of rotatable bonds is 54. The number of hydrogen-bond acceptors (Lipinski definition) is 6. The summed E-state index contributed by atoms with van der Waals surface area (Å²) in [5, 5.41) is 0. The molecule has 6 heteroatoms. The van der Waals surface area contributed by atoms with Crippen molar-refractivity contribution in [3.8, 4) is 0 Å². The van der Waals surface area contributed by atoms with Gasteiger partial charge in [0.15, 0.2) is 6.10 Å². The minimum absolute atomic E-state index is 0.108. The van der Waals surface area contributed by atoms with Gasteiger partial charge in [-0.1, -0.05) is 262 Å². The second-order valence-electron chi connectivity index (χ2n) is 19.9. The molecule has 1 atom stereocenters. The summed E-state index contributed by atoms with van der Waals surface area (Å²) < 4.78 is 16.8. The van der Waals surface area contributed by atoms with E-state index < -0.39 is 6.10 Å². The Morgan fingerprint density at radius 3 is 0.818 bits per heavy atom. The topological polar surface area (TPSA) is 78.9 Å². The van der Waals surface area contributed by atoms with E-state index in [4.69, 9.17) is 14.2 Å². The van der Waals surface area contributed by atoms with Gasteiger partial charge in [0, 0.05) is 19.3 Å². The van der Waals surface area contributed by atoms with E-state index in [1.54, 1.807) is 0 Å². The summed E-state index contributed by atoms with van der Waals surface area (Å²) >= 11 is 0. The molecule has 0 aliphatic rings. The summed E-state index contributed by atoms with van der Waals surface area (Å²) in [6.45, 7) is 6.34. The van der Waals surface area contributed by atoms with Crippen LogP contribution in [0.3, 0.4) is 0 Å². The molecular formula is C71H112O6. The van der Waals surface area contributed by atoms with Crippen LogP contribution >= 0.6 is 0 Å². The zero-order valence-corrected chi connectivity index (χ0v) is 49.4. The monoisotopic (exact) mass is 1060 g/mol. The van der Waals surface area contributed by atoms with Crippen molar-refractivity contribution in [2.75, 3.05) is 13.2 Å². The smallest absolute Gasteiger partial charge is 0.306 e. The molecule has 0 aromatic rings. The summed E-state index contributed by atoms with van der Waals surface area (Å²) in [6, 6.07) is 0. The Kier molecular flexibility index (Phi) is 59.5. The highest BCUT2D eigenvalue weighted by Gasteiger charge is 2.19. The van der Waals surface area contributed by atoms with Crippen LogP contribution in [0.1, 0.15) is 252 Å². The van der Waals surface area contributed by atoms with Crippen LogP contribution in [0, 0.1) is 0 Å². The summed E-state index contributed by atoms with van der Waals surface area (Å²) in [5.41, 5.74) is 0. The average Bonchev–Trinajstić information content (AvgIpc) is 3.43. The predicted molar refractivity (Wildman–Crippen MR) is 334 cm³/mol. The second-order valence-corrected chi connectivity index (χ2v) is 19.9. The first-order valence-corrected chi connectivity index (χ1v) is 31.0. The number of unbranched alkanes of at least 4 members (excludes halogenated alkanes) is 17. The Labute approximate surface area is 473 Å². The Balaban J connectivity index is 4.37. The maximum atomic E-state index is 12.8. The van der Waals surface area contributed by atoms with E-state index in [9.17, 15) is 14.4 Å². The first-order valence-electron chi connectivity index (χ1n) is 31.0. The minimum Gasteiger partial charge on any atom is -0.462 e. The van der Waals surface area contributed by atoms with Crippen LogP contribution in [0.4, 0.5) is 0 Å². The SMILES string of the molecule is CC/C=C\C/C=C\C/C=C\C/C=C\C/C=C\C/C=C\C/C=C\C/C=C\C/C=C\C/C=C\CCCCC(=O)OCC(COC(=O)CCCCCCCCCCCCCCC)OC(=O)CCCCC/C=C\C/C=C\C/C=C\CC. The van der Waals surface area contributed by atoms with E-state index in [1.807, 2.05) is 0 Å². The lowest BCUT2D eigenvalue weighted by Crippen LogP contribution is -2.30. The lowest BCUT2D eigenvalue weighted by atomic mass is 10.0. The number of carbonyl (C=O) groups is 3. The van der Waals surface area contributed by atoms with Gasteiger partial charge in [-0.3, -0.25) is 14.4 Å². The van der Waals surface area contributed by atoms with Gasteiger partial charge < -0.3 is 14.2 Å². The Hall–Kier alpha value is -4.97. The van der Waals surface area contributed by atoms with Gasteiger partial charge in [0.1, 0.15) is 13.2 Å². The first-order chi connectivity index (χ1) is 38.0. The van der Waals surface area contributed by atoms with Crippen molar-refractivity contribution >= 4 is 17.9 Å². The van der Waals surface area contributed by atoms with Gasteiger partial charge in [-0.15, -0.1) is 0 Å². The summed E-state index contributed by atoms with van der Waals surface area (Å²) in [5.74, 6) is -0.988. The quantitative estimate of drug-likeness (QED) is 0.0261. The van der Waals surface area contributed by atoms with E-state index in [0.29, 0.717) is 12.8 Å². The molecule has 0 amide bonds. The second kappa shape index (κ2) is 63.6. The van der Waals surface area contributed by atoms with Crippen molar-refractivity contribution in [3.05, 3.63) is 158 Å². The number of allylic oxidation sites excluding steroid dienone is 26. The van der Waals surface area contributed by atoms with E-state index in [2.05, 4.69) is 179 Å². The Morgan fingerprint density at radius 1 is 0.273 bits per heavy atom. The van der Waals surface area contributed by atoms with Crippen LogP contribution < -0.4 is 0 Å². The summed E-state index contributed by atoms with van der Waals surface area (Å²) in [4.78, 5) is 38.1. The van der Waals surface area contributed by atoms with Crippen LogP contribution in [0.5, 0.6) is 0 Å². The summed E-state index contributed by atoms with van der Waals surface area (Å²) in [7, 11) is 0. The maximum Gasteiger partial charge on any atom is 0.306 e. The van der Waals surface area contributed by atoms with Gasteiger partial charge in [-0.2, -0.15) is 0 Å². The van der Waals surface area contributed by atoms with Crippen LogP contribution in [0.25, 0.3) is 0 Å². The van der Waals surface area contributed by atoms with Gasteiger partial charge >= 0.3 is 17.9 Å². The molecule has 1 unspecified atom stereocenters. The fourth-order valence-corrected chi connectivity index (χ4v) is 7.95. The van der Waals surface area contributed by atoms with Crippen LogP contribution in [-0.4, -0.2) is 37.2 Å². The van der Waals surface area contributed by atoms with E-state index in [1.165, 1.54) is 64.2 Å². The van der Waals surface area contributed by atoms with Gasteiger partial charge in [-0.25, -0.2) is 0 Å². The van der Waals surface area contributed by atoms with E-state index in [-0.39, 0.29) is 44.0 Å². The molecule has 0 rings (SSSR count). The largest absolute Gasteiger partial charge is 0.462 e. The van der Waals surface area contributed by atoms with Crippen LogP contribution in [0.2, 0.25) is 0 Å². The zero-order chi connectivity index (χ0) is 55.7. The molecule has 0 aromatic heterocycles. The highest BCUT2D eigenvalue weighted by atomic mass is 16.6.